The second-order valence-corrected chi connectivity index (χ2v) is 6.63. The fraction of sp³-hybridized carbons (Fsp3) is 0.0500. The summed E-state index contributed by atoms with van der Waals surface area (Å²) in [5, 5.41) is 1.28. The van der Waals surface area contributed by atoms with E-state index in [1.165, 1.54) is 6.33 Å². The number of ether oxygens (including phenoxy) is 1. The van der Waals surface area contributed by atoms with E-state index in [1.54, 1.807) is 24.3 Å². The monoisotopic (exact) mass is 377 g/mol. The van der Waals surface area contributed by atoms with Crippen molar-refractivity contribution in [3.63, 3.8) is 0 Å². The zero-order chi connectivity index (χ0) is 18.5. The number of hydrogen-bond donors (Lipinski definition) is 1. The Morgan fingerprint density at radius 2 is 1.78 bits per heavy atom. The highest BCUT2D eigenvalue weighted by Gasteiger charge is 2.36. The highest BCUT2D eigenvalue weighted by Crippen LogP contribution is 2.48. The highest BCUT2D eigenvalue weighted by molar-refractivity contribution is 6.30. The first-order valence-electron chi connectivity index (χ1n) is 8.23. The molecular weight excluding hydrogens is 366 g/mol. The number of fused-ring (bicyclic) bond motifs is 4. The van der Waals surface area contributed by atoms with E-state index in [0.29, 0.717) is 38.7 Å². The molecule has 0 saturated carbocycles. The van der Waals surface area contributed by atoms with Crippen LogP contribution in [0, 0.1) is 0 Å². The smallest absolute Gasteiger partial charge is 0.344 e. The molecule has 0 saturated heterocycles. The predicted octanol–water partition coefficient (Wildman–Crippen LogP) is 4.10. The van der Waals surface area contributed by atoms with Gasteiger partial charge < -0.3 is 14.9 Å². The molecule has 1 unspecified atom stereocenters. The Labute approximate surface area is 158 Å². The minimum Gasteiger partial charge on any atom is -0.437 e. The van der Waals surface area contributed by atoms with E-state index in [-0.39, 0.29) is 5.82 Å². The Morgan fingerprint density at radius 3 is 2.59 bits per heavy atom. The summed E-state index contributed by atoms with van der Waals surface area (Å²) in [6.07, 6.45) is 1.34. The van der Waals surface area contributed by atoms with Gasteiger partial charge in [0, 0.05) is 5.02 Å². The number of para-hydroxylation sites is 1. The van der Waals surface area contributed by atoms with Crippen molar-refractivity contribution in [2.24, 2.45) is 0 Å². The Bertz CT molecular complexity index is 1250. The summed E-state index contributed by atoms with van der Waals surface area (Å²) in [4.78, 5) is 21.2. The summed E-state index contributed by atoms with van der Waals surface area (Å²) in [5.41, 5.74) is 7.80. The van der Waals surface area contributed by atoms with E-state index in [0.717, 1.165) is 5.56 Å². The minimum atomic E-state index is -0.525. The molecule has 3 heterocycles. The van der Waals surface area contributed by atoms with E-state index >= 15 is 0 Å². The van der Waals surface area contributed by atoms with Crippen molar-refractivity contribution >= 4 is 28.4 Å². The van der Waals surface area contributed by atoms with Crippen molar-refractivity contribution in [2.45, 2.75) is 5.92 Å². The molecule has 2 N–H and O–H groups in total. The van der Waals surface area contributed by atoms with E-state index in [4.69, 9.17) is 26.5 Å². The van der Waals surface area contributed by atoms with Crippen LogP contribution < -0.4 is 16.1 Å². The van der Waals surface area contributed by atoms with Gasteiger partial charge in [0.1, 0.15) is 17.7 Å². The second-order valence-electron chi connectivity index (χ2n) is 6.19. The Kier molecular flexibility index (Phi) is 3.42. The normalized spacial score (nSPS) is 15.1. The topological polar surface area (TPSA) is 91.2 Å². The maximum atomic E-state index is 12.9. The fourth-order valence-electron chi connectivity index (χ4n) is 3.47. The number of nitrogen functional groups attached to an aromatic ring is 1. The second kappa shape index (κ2) is 5.82. The maximum absolute atomic E-state index is 12.9. The number of anilines is 1. The standard InChI is InChI=1S/C20H12ClN3O3/c21-11-7-5-10(6-8-11)14-15-17(27-19-16(14)18(22)23-9-24-19)12-3-1-2-4-13(12)26-20(15)25/h1-9,14H,(H2,22,23,24). The average Bonchev–Trinajstić information content (AvgIpc) is 2.68. The zero-order valence-electron chi connectivity index (χ0n) is 13.8. The maximum Gasteiger partial charge on any atom is 0.344 e. The molecule has 2 aromatic heterocycles. The largest absolute Gasteiger partial charge is 0.437 e. The lowest BCUT2D eigenvalue weighted by molar-refractivity contribution is 0.423. The van der Waals surface area contributed by atoms with Gasteiger partial charge in [-0.1, -0.05) is 35.9 Å². The summed E-state index contributed by atoms with van der Waals surface area (Å²) in [6, 6.07) is 14.4. The molecule has 4 aromatic rings. The summed E-state index contributed by atoms with van der Waals surface area (Å²) < 4.78 is 11.6. The highest BCUT2D eigenvalue weighted by atomic mass is 35.5. The van der Waals surface area contributed by atoms with E-state index in [2.05, 4.69) is 9.97 Å². The van der Waals surface area contributed by atoms with Crippen molar-refractivity contribution in [3.8, 4) is 11.6 Å². The van der Waals surface area contributed by atoms with Crippen LogP contribution in [0.25, 0.3) is 11.0 Å². The molecule has 1 aliphatic heterocycles. The molecular formula is C20H12ClN3O3. The average molecular weight is 378 g/mol. The van der Waals surface area contributed by atoms with Crippen molar-refractivity contribution in [1.82, 2.24) is 9.97 Å². The molecule has 0 spiro atoms. The van der Waals surface area contributed by atoms with Gasteiger partial charge in [0.15, 0.2) is 5.75 Å². The Balaban J connectivity index is 1.89. The van der Waals surface area contributed by atoms with Crippen molar-refractivity contribution in [1.29, 1.82) is 0 Å². The Hall–Kier alpha value is -3.38. The van der Waals surface area contributed by atoms with Crippen molar-refractivity contribution in [2.75, 3.05) is 5.73 Å². The van der Waals surface area contributed by atoms with Crippen LogP contribution in [0.15, 0.2) is 64.1 Å². The van der Waals surface area contributed by atoms with Crippen LogP contribution in [-0.2, 0) is 0 Å². The Morgan fingerprint density at radius 1 is 1.00 bits per heavy atom. The van der Waals surface area contributed by atoms with Gasteiger partial charge in [-0.15, -0.1) is 0 Å². The quantitative estimate of drug-likeness (QED) is 0.442. The molecule has 0 amide bonds. The first-order valence-corrected chi connectivity index (χ1v) is 8.60. The summed E-state index contributed by atoms with van der Waals surface area (Å²) in [6.45, 7) is 0. The molecule has 132 valence electrons. The first-order chi connectivity index (χ1) is 13.1. The van der Waals surface area contributed by atoms with Gasteiger partial charge in [0.25, 0.3) is 0 Å². The zero-order valence-corrected chi connectivity index (χ0v) is 14.6. The molecule has 0 aliphatic carbocycles. The molecule has 6 nitrogen and oxygen atoms in total. The third-order valence-electron chi connectivity index (χ3n) is 4.66. The van der Waals surface area contributed by atoms with Gasteiger partial charge >= 0.3 is 5.63 Å². The third-order valence-corrected chi connectivity index (χ3v) is 4.91. The van der Waals surface area contributed by atoms with Crippen LogP contribution in [0.2, 0.25) is 5.02 Å². The molecule has 0 fully saturated rings. The molecule has 1 atom stereocenters. The molecule has 0 radical (unpaired) electrons. The number of nitrogens with zero attached hydrogens (tertiary/aromatic N) is 2. The lowest BCUT2D eigenvalue weighted by atomic mass is 9.84. The van der Waals surface area contributed by atoms with Crippen LogP contribution in [0.4, 0.5) is 5.82 Å². The number of halogens is 1. The third kappa shape index (κ3) is 2.38. The van der Waals surface area contributed by atoms with E-state index < -0.39 is 11.5 Å². The summed E-state index contributed by atoms with van der Waals surface area (Å²) >= 11 is 6.04. The van der Waals surface area contributed by atoms with Gasteiger partial charge in [0.05, 0.1) is 22.4 Å². The predicted molar refractivity (Wildman–Crippen MR) is 101 cm³/mol. The molecule has 27 heavy (non-hydrogen) atoms. The lowest BCUT2D eigenvalue weighted by Crippen LogP contribution is -2.22. The van der Waals surface area contributed by atoms with Crippen LogP contribution in [0.5, 0.6) is 11.6 Å². The van der Waals surface area contributed by atoms with E-state index in [9.17, 15) is 4.79 Å². The van der Waals surface area contributed by atoms with Crippen LogP contribution in [-0.4, -0.2) is 9.97 Å². The lowest BCUT2D eigenvalue weighted by Gasteiger charge is -2.27. The van der Waals surface area contributed by atoms with Gasteiger partial charge in [0.2, 0.25) is 5.88 Å². The number of hydrogen-bond acceptors (Lipinski definition) is 6. The van der Waals surface area contributed by atoms with Crippen LogP contribution in [0.1, 0.15) is 22.6 Å². The minimum absolute atomic E-state index is 0.248. The van der Waals surface area contributed by atoms with Gasteiger partial charge in [-0.25, -0.2) is 14.8 Å². The van der Waals surface area contributed by atoms with Crippen LogP contribution >= 0.6 is 11.6 Å². The molecule has 7 heteroatoms. The summed E-state index contributed by atoms with van der Waals surface area (Å²) in [5.74, 6) is 0.472. The molecule has 1 aliphatic rings. The first kappa shape index (κ1) is 15.8. The molecule has 5 rings (SSSR count). The van der Waals surface area contributed by atoms with Gasteiger partial charge in [-0.2, -0.15) is 0 Å². The van der Waals surface area contributed by atoms with Crippen molar-refractivity contribution < 1.29 is 9.15 Å². The van der Waals surface area contributed by atoms with Gasteiger partial charge in [-0.3, -0.25) is 0 Å². The number of benzene rings is 2. The molecule has 2 aromatic carbocycles. The SMILES string of the molecule is Nc1ncnc2c1C(c1ccc(Cl)cc1)c1c(c3ccccc3oc1=O)O2. The van der Waals surface area contributed by atoms with Crippen molar-refractivity contribution in [3.05, 3.63) is 87.0 Å². The molecule has 0 bridgehead atoms. The number of aromatic nitrogens is 2. The van der Waals surface area contributed by atoms with E-state index in [1.807, 2.05) is 24.3 Å². The summed E-state index contributed by atoms with van der Waals surface area (Å²) in [7, 11) is 0. The fourth-order valence-corrected chi connectivity index (χ4v) is 3.60. The van der Waals surface area contributed by atoms with Crippen LogP contribution in [0.3, 0.4) is 0 Å². The number of rotatable bonds is 1. The van der Waals surface area contributed by atoms with Gasteiger partial charge in [-0.05, 0) is 29.8 Å². The number of nitrogens with two attached hydrogens (primary N) is 1.